The van der Waals surface area contributed by atoms with Crippen molar-refractivity contribution >= 4 is 17.6 Å². The minimum atomic E-state index is -1.91. The van der Waals surface area contributed by atoms with Crippen LogP contribution in [0.4, 0.5) is 5.69 Å². The highest BCUT2D eigenvalue weighted by atomic mass is 16.5. The Morgan fingerprint density at radius 3 is 2.45 bits per heavy atom. The molecular formula is C17H15NO4. The van der Waals surface area contributed by atoms with Crippen LogP contribution in [0.25, 0.3) is 0 Å². The molecule has 1 atom stereocenters. The highest BCUT2D eigenvalue weighted by Crippen LogP contribution is 2.38. The number of hydrogen-bond donors (Lipinski definition) is 1. The zero-order chi connectivity index (χ0) is 15.7. The number of anilines is 1. The number of aliphatic carboxylic acids is 1. The van der Waals surface area contributed by atoms with Gasteiger partial charge in [-0.3, -0.25) is 4.79 Å². The number of nitrogens with zero attached hydrogens (tertiary/aromatic N) is 1. The zero-order valence-electron chi connectivity index (χ0n) is 12.0. The summed E-state index contributed by atoms with van der Waals surface area (Å²) in [6, 6.07) is 16.4. The fraction of sp³-hybridized carbons (Fsp3) is 0.176. The van der Waals surface area contributed by atoms with Crippen molar-refractivity contribution in [3.05, 3.63) is 60.2 Å². The molecule has 1 amide bonds. The number of amides is 1. The number of carbonyl (C=O) groups is 2. The molecule has 2 aromatic rings. The number of carbonyl (C=O) groups excluding carboxylic acids is 1. The van der Waals surface area contributed by atoms with Gasteiger partial charge in [0.2, 0.25) is 0 Å². The summed E-state index contributed by atoms with van der Waals surface area (Å²) in [5.41, 5.74) is -0.418. The maximum atomic E-state index is 12.7. The summed E-state index contributed by atoms with van der Waals surface area (Å²) in [6.07, 6.45) is 0. The maximum Gasteiger partial charge on any atom is 0.357 e. The predicted octanol–water partition coefficient (Wildman–Crippen LogP) is 2.46. The Bertz CT molecular complexity index is 728. The van der Waals surface area contributed by atoms with Crippen molar-refractivity contribution in [1.29, 1.82) is 0 Å². The fourth-order valence-corrected chi connectivity index (χ4v) is 2.46. The van der Waals surface area contributed by atoms with Crippen LogP contribution < -0.4 is 9.64 Å². The third kappa shape index (κ3) is 2.20. The molecule has 1 heterocycles. The molecule has 22 heavy (non-hydrogen) atoms. The van der Waals surface area contributed by atoms with Crippen LogP contribution in [0, 0.1) is 0 Å². The van der Waals surface area contributed by atoms with E-state index in [0.29, 0.717) is 18.0 Å². The Kier molecular flexibility index (Phi) is 3.33. The van der Waals surface area contributed by atoms with Crippen LogP contribution in [0.5, 0.6) is 5.75 Å². The molecule has 0 bridgehead atoms. The van der Waals surface area contributed by atoms with Crippen LogP contribution in [0.2, 0.25) is 0 Å². The molecule has 1 aliphatic heterocycles. The van der Waals surface area contributed by atoms with Gasteiger partial charge in [-0.1, -0.05) is 42.5 Å². The lowest BCUT2D eigenvalue weighted by Gasteiger charge is -2.38. The van der Waals surface area contributed by atoms with Gasteiger partial charge in [0.25, 0.3) is 11.5 Å². The first kappa shape index (κ1) is 14.1. The van der Waals surface area contributed by atoms with Gasteiger partial charge in [0.1, 0.15) is 5.75 Å². The van der Waals surface area contributed by atoms with Crippen LogP contribution in [0.1, 0.15) is 12.5 Å². The Hall–Kier alpha value is -2.82. The lowest BCUT2D eigenvalue weighted by Crippen LogP contribution is -2.58. The smallest absolute Gasteiger partial charge is 0.357 e. The van der Waals surface area contributed by atoms with Crippen molar-refractivity contribution < 1.29 is 19.4 Å². The normalized spacial score (nSPS) is 20.2. The Labute approximate surface area is 127 Å². The largest absolute Gasteiger partial charge is 0.478 e. The Balaban J connectivity index is 2.06. The molecule has 5 nitrogen and oxygen atoms in total. The van der Waals surface area contributed by atoms with E-state index in [1.165, 1.54) is 11.8 Å². The molecule has 0 radical (unpaired) electrons. The van der Waals surface area contributed by atoms with Crippen molar-refractivity contribution in [2.24, 2.45) is 0 Å². The van der Waals surface area contributed by atoms with Gasteiger partial charge in [-0.15, -0.1) is 0 Å². The van der Waals surface area contributed by atoms with E-state index in [2.05, 4.69) is 0 Å². The summed E-state index contributed by atoms with van der Waals surface area (Å²) in [4.78, 5) is 25.7. The quantitative estimate of drug-likeness (QED) is 0.884. The van der Waals surface area contributed by atoms with E-state index in [1.54, 1.807) is 24.3 Å². The van der Waals surface area contributed by atoms with E-state index in [0.717, 1.165) is 5.56 Å². The average molecular weight is 297 g/mol. The molecule has 5 heteroatoms. The second-order valence-electron chi connectivity index (χ2n) is 5.29. The number of benzene rings is 2. The van der Waals surface area contributed by atoms with Gasteiger partial charge in [-0.05, 0) is 24.6 Å². The van der Waals surface area contributed by atoms with E-state index in [1.807, 2.05) is 30.3 Å². The van der Waals surface area contributed by atoms with Gasteiger partial charge in [-0.25, -0.2) is 4.79 Å². The molecule has 0 saturated carbocycles. The first-order chi connectivity index (χ1) is 10.5. The predicted molar refractivity (Wildman–Crippen MR) is 80.7 cm³/mol. The van der Waals surface area contributed by atoms with Crippen molar-refractivity contribution in [3.63, 3.8) is 0 Å². The van der Waals surface area contributed by atoms with Crippen LogP contribution in [-0.4, -0.2) is 22.6 Å². The number of hydrogen-bond acceptors (Lipinski definition) is 3. The highest BCUT2D eigenvalue weighted by Gasteiger charge is 2.50. The molecule has 0 spiro atoms. The summed E-state index contributed by atoms with van der Waals surface area (Å²) in [7, 11) is 0. The van der Waals surface area contributed by atoms with Crippen molar-refractivity contribution in [3.8, 4) is 5.75 Å². The number of ether oxygens (including phenoxy) is 1. The number of para-hydroxylation sites is 2. The third-order valence-corrected chi connectivity index (χ3v) is 3.72. The van der Waals surface area contributed by atoms with Gasteiger partial charge >= 0.3 is 5.97 Å². The van der Waals surface area contributed by atoms with E-state index in [4.69, 9.17) is 4.74 Å². The van der Waals surface area contributed by atoms with Gasteiger partial charge < -0.3 is 14.7 Å². The van der Waals surface area contributed by atoms with Gasteiger partial charge in [0, 0.05) is 0 Å². The fourth-order valence-electron chi connectivity index (χ4n) is 2.46. The molecular weight excluding hydrogens is 282 g/mol. The minimum Gasteiger partial charge on any atom is -0.478 e. The number of fused-ring (bicyclic) bond motifs is 1. The van der Waals surface area contributed by atoms with Gasteiger partial charge in [-0.2, -0.15) is 0 Å². The second kappa shape index (κ2) is 5.18. The highest BCUT2D eigenvalue weighted by molar-refractivity contribution is 6.14. The summed E-state index contributed by atoms with van der Waals surface area (Å²) >= 11 is 0. The van der Waals surface area contributed by atoms with E-state index in [9.17, 15) is 14.7 Å². The summed E-state index contributed by atoms with van der Waals surface area (Å²) in [5.74, 6) is -1.49. The molecule has 0 unspecified atom stereocenters. The van der Waals surface area contributed by atoms with Crippen molar-refractivity contribution in [1.82, 2.24) is 0 Å². The Morgan fingerprint density at radius 1 is 1.14 bits per heavy atom. The second-order valence-corrected chi connectivity index (χ2v) is 5.29. The third-order valence-electron chi connectivity index (χ3n) is 3.72. The molecule has 1 aliphatic rings. The number of rotatable bonds is 3. The molecule has 0 aromatic heterocycles. The van der Waals surface area contributed by atoms with Crippen LogP contribution in [0.15, 0.2) is 54.6 Å². The van der Waals surface area contributed by atoms with E-state index in [-0.39, 0.29) is 0 Å². The summed E-state index contributed by atoms with van der Waals surface area (Å²) in [5, 5.41) is 9.40. The monoisotopic (exact) mass is 297 g/mol. The van der Waals surface area contributed by atoms with Crippen molar-refractivity contribution in [2.75, 3.05) is 4.90 Å². The first-order valence-corrected chi connectivity index (χ1v) is 6.90. The van der Waals surface area contributed by atoms with Crippen LogP contribution in [-0.2, 0) is 16.1 Å². The molecule has 0 aliphatic carbocycles. The van der Waals surface area contributed by atoms with E-state index >= 15 is 0 Å². The van der Waals surface area contributed by atoms with Gasteiger partial charge in [0.15, 0.2) is 0 Å². The zero-order valence-corrected chi connectivity index (χ0v) is 12.0. The number of carboxylic acids is 1. The molecule has 112 valence electrons. The topological polar surface area (TPSA) is 66.8 Å². The van der Waals surface area contributed by atoms with E-state index < -0.39 is 17.5 Å². The first-order valence-electron chi connectivity index (χ1n) is 6.90. The summed E-state index contributed by atoms with van der Waals surface area (Å²) < 4.78 is 5.47. The van der Waals surface area contributed by atoms with Gasteiger partial charge in [0.05, 0.1) is 12.2 Å². The maximum absolute atomic E-state index is 12.7. The average Bonchev–Trinajstić information content (AvgIpc) is 2.52. The van der Waals surface area contributed by atoms with Crippen molar-refractivity contribution in [2.45, 2.75) is 19.1 Å². The molecule has 2 aromatic carbocycles. The standard InChI is InChI=1S/C17H15NO4/c1-17(16(20)21)15(19)18(11-12-7-3-2-4-8-12)13-9-5-6-10-14(13)22-17/h2-10H,11H2,1H3,(H,20,21)/t17-/m0/s1. The molecule has 0 fully saturated rings. The molecule has 0 saturated heterocycles. The molecule has 3 rings (SSSR count). The lowest BCUT2D eigenvalue weighted by molar-refractivity contribution is -0.161. The summed E-state index contributed by atoms with van der Waals surface area (Å²) in [6.45, 7) is 1.58. The SMILES string of the molecule is C[C@]1(C(=O)O)Oc2ccccc2N(Cc2ccccc2)C1=O. The lowest BCUT2D eigenvalue weighted by atomic mass is 10.0. The molecule has 1 N–H and O–H groups in total. The minimum absolute atomic E-state index is 0.295. The van der Waals surface area contributed by atoms with Crippen LogP contribution in [0.3, 0.4) is 0 Å². The number of carboxylic acid groups (broad SMARTS) is 1. The van der Waals surface area contributed by atoms with Crippen LogP contribution >= 0.6 is 0 Å². The Morgan fingerprint density at radius 2 is 1.77 bits per heavy atom.